The summed E-state index contributed by atoms with van der Waals surface area (Å²) in [6.45, 7) is 0. The Balaban J connectivity index is 2.05. The number of benzene rings is 1. The van der Waals surface area contributed by atoms with Crippen LogP contribution in [0.1, 0.15) is 15.9 Å². The van der Waals surface area contributed by atoms with Gasteiger partial charge in [0.15, 0.2) is 11.5 Å². The number of pyridine rings is 1. The monoisotopic (exact) mass is 285 g/mol. The Morgan fingerprint density at radius 1 is 1.14 bits per heavy atom. The molecule has 1 aromatic heterocycles. The number of amides is 1. The molecule has 0 saturated carbocycles. The lowest BCUT2D eigenvalue weighted by atomic mass is 10.2. The van der Waals surface area contributed by atoms with Gasteiger partial charge in [0.2, 0.25) is 0 Å². The summed E-state index contributed by atoms with van der Waals surface area (Å²) in [6.07, 6.45) is 4.84. The fraction of sp³-hybridized carbons (Fsp3) is 0.133. The molecule has 1 aromatic carbocycles. The molecule has 0 aliphatic heterocycles. The van der Waals surface area contributed by atoms with Crippen molar-refractivity contribution in [2.45, 2.75) is 0 Å². The van der Waals surface area contributed by atoms with Crippen LogP contribution < -0.4 is 14.9 Å². The molecule has 108 valence electrons. The van der Waals surface area contributed by atoms with Gasteiger partial charge in [-0.05, 0) is 35.9 Å². The van der Waals surface area contributed by atoms with Gasteiger partial charge in [0.05, 0.1) is 20.4 Å². The average molecular weight is 285 g/mol. The van der Waals surface area contributed by atoms with Gasteiger partial charge in [0.1, 0.15) is 0 Å². The van der Waals surface area contributed by atoms with E-state index < -0.39 is 0 Å². The van der Waals surface area contributed by atoms with Crippen molar-refractivity contribution in [1.29, 1.82) is 0 Å². The molecule has 2 rings (SSSR count). The van der Waals surface area contributed by atoms with Crippen molar-refractivity contribution >= 4 is 12.1 Å². The third-order valence-electron chi connectivity index (χ3n) is 2.73. The molecule has 6 nitrogen and oxygen atoms in total. The molecular formula is C15H15N3O3. The van der Waals surface area contributed by atoms with Gasteiger partial charge in [-0.15, -0.1) is 0 Å². The molecule has 6 heteroatoms. The van der Waals surface area contributed by atoms with Gasteiger partial charge in [-0.1, -0.05) is 0 Å². The molecule has 21 heavy (non-hydrogen) atoms. The first-order valence-electron chi connectivity index (χ1n) is 6.20. The quantitative estimate of drug-likeness (QED) is 0.672. The number of hydrazone groups is 1. The molecule has 0 bridgehead atoms. The Morgan fingerprint density at radius 3 is 2.52 bits per heavy atom. The van der Waals surface area contributed by atoms with Crippen LogP contribution in [-0.4, -0.2) is 31.3 Å². The highest BCUT2D eigenvalue weighted by atomic mass is 16.5. The van der Waals surface area contributed by atoms with Gasteiger partial charge in [0, 0.05) is 18.0 Å². The molecule has 0 unspecified atom stereocenters. The number of hydrogen-bond acceptors (Lipinski definition) is 5. The lowest BCUT2D eigenvalue weighted by Gasteiger charge is -2.08. The van der Waals surface area contributed by atoms with Crippen molar-refractivity contribution in [3.05, 3.63) is 53.9 Å². The second-order valence-electron chi connectivity index (χ2n) is 4.05. The molecule has 1 heterocycles. The van der Waals surface area contributed by atoms with Crippen molar-refractivity contribution in [3.63, 3.8) is 0 Å². The minimum absolute atomic E-state index is 0.332. The SMILES string of the molecule is COc1ccc(C(=O)N/N=C\c2ccncc2)cc1OC. The Kier molecular flexibility index (Phi) is 4.87. The van der Waals surface area contributed by atoms with Gasteiger partial charge < -0.3 is 9.47 Å². The predicted octanol–water partition coefficient (Wildman–Crippen LogP) is 1.86. The van der Waals surface area contributed by atoms with Crippen LogP contribution in [0.4, 0.5) is 0 Å². The van der Waals surface area contributed by atoms with E-state index in [1.165, 1.54) is 14.2 Å². The minimum Gasteiger partial charge on any atom is -0.493 e. The van der Waals surface area contributed by atoms with Crippen LogP contribution in [0.2, 0.25) is 0 Å². The van der Waals surface area contributed by atoms with Crippen LogP contribution in [0, 0.1) is 0 Å². The molecule has 0 radical (unpaired) electrons. The largest absolute Gasteiger partial charge is 0.493 e. The van der Waals surface area contributed by atoms with Crippen LogP contribution >= 0.6 is 0 Å². The van der Waals surface area contributed by atoms with Crippen molar-refractivity contribution in [2.24, 2.45) is 5.10 Å². The van der Waals surface area contributed by atoms with Crippen LogP contribution in [-0.2, 0) is 0 Å². The second kappa shape index (κ2) is 7.04. The molecule has 1 N–H and O–H groups in total. The highest BCUT2D eigenvalue weighted by molar-refractivity contribution is 5.95. The van der Waals surface area contributed by atoms with Gasteiger partial charge in [-0.25, -0.2) is 5.43 Å². The Bertz CT molecular complexity index is 642. The van der Waals surface area contributed by atoms with E-state index in [2.05, 4.69) is 15.5 Å². The number of nitrogens with one attached hydrogen (secondary N) is 1. The summed E-state index contributed by atoms with van der Waals surface area (Å²) in [6, 6.07) is 8.47. The minimum atomic E-state index is -0.332. The van der Waals surface area contributed by atoms with Crippen LogP contribution in [0.25, 0.3) is 0 Å². The molecule has 0 atom stereocenters. The lowest BCUT2D eigenvalue weighted by molar-refractivity contribution is 0.0954. The highest BCUT2D eigenvalue weighted by Gasteiger charge is 2.09. The number of aromatic nitrogens is 1. The van der Waals surface area contributed by atoms with Crippen LogP contribution in [0.15, 0.2) is 47.8 Å². The lowest BCUT2D eigenvalue weighted by Crippen LogP contribution is -2.17. The number of ether oxygens (including phenoxy) is 2. The molecule has 0 aliphatic carbocycles. The Labute approximate surface area is 122 Å². The van der Waals surface area contributed by atoms with Gasteiger partial charge in [-0.3, -0.25) is 9.78 Å². The third kappa shape index (κ3) is 3.79. The van der Waals surface area contributed by atoms with Crippen LogP contribution in [0.5, 0.6) is 11.5 Å². The maximum absolute atomic E-state index is 12.0. The van der Waals surface area contributed by atoms with E-state index in [9.17, 15) is 4.79 Å². The smallest absolute Gasteiger partial charge is 0.271 e. The van der Waals surface area contributed by atoms with E-state index in [-0.39, 0.29) is 5.91 Å². The van der Waals surface area contributed by atoms with E-state index in [1.807, 2.05) is 0 Å². The molecular weight excluding hydrogens is 270 g/mol. The van der Waals surface area contributed by atoms with Crippen molar-refractivity contribution in [2.75, 3.05) is 14.2 Å². The predicted molar refractivity (Wildman–Crippen MR) is 78.8 cm³/mol. The van der Waals surface area contributed by atoms with E-state index in [0.717, 1.165) is 5.56 Å². The fourth-order valence-corrected chi connectivity index (χ4v) is 1.66. The second-order valence-corrected chi connectivity index (χ2v) is 4.05. The summed E-state index contributed by atoms with van der Waals surface area (Å²) in [5, 5.41) is 3.89. The first kappa shape index (κ1) is 14.5. The summed E-state index contributed by atoms with van der Waals surface area (Å²) < 4.78 is 10.3. The van der Waals surface area contributed by atoms with Gasteiger partial charge in [0.25, 0.3) is 5.91 Å². The topological polar surface area (TPSA) is 72.8 Å². The summed E-state index contributed by atoms with van der Waals surface area (Å²) in [5.41, 5.74) is 3.73. The molecule has 0 saturated heterocycles. The maximum Gasteiger partial charge on any atom is 0.271 e. The first-order chi connectivity index (χ1) is 10.2. The standard InChI is InChI=1S/C15H15N3O3/c1-20-13-4-3-12(9-14(13)21-2)15(19)18-17-10-11-5-7-16-8-6-11/h3-10H,1-2H3,(H,18,19)/b17-10-. The van der Waals surface area contributed by atoms with Crippen molar-refractivity contribution < 1.29 is 14.3 Å². The zero-order chi connectivity index (χ0) is 15.1. The Morgan fingerprint density at radius 2 is 1.86 bits per heavy atom. The number of rotatable bonds is 5. The number of carbonyl (C=O) groups is 1. The zero-order valence-corrected chi connectivity index (χ0v) is 11.7. The zero-order valence-electron chi connectivity index (χ0n) is 11.7. The van der Waals surface area contributed by atoms with Crippen molar-refractivity contribution in [3.8, 4) is 11.5 Å². The number of hydrogen-bond donors (Lipinski definition) is 1. The maximum atomic E-state index is 12.0. The third-order valence-corrected chi connectivity index (χ3v) is 2.73. The Hall–Kier alpha value is -2.89. The number of carbonyl (C=O) groups excluding carboxylic acids is 1. The summed E-state index contributed by atoms with van der Waals surface area (Å²) >= 11 is 0. The first-order valence-corrected chi connectivity index (χ1v) is 6.20. The van der Waals surface area contributed by atoms with Crippen molar-refractivity contribution in [1.82, 2.24) is 10.4 Å². The molecule has 0 aliphatic rings. The number of methoxy groups -OCH3 is 2. The van der Waals surface area contributed by atoms with E-state index >= 15 is 0 Å². The summed E-state index contributed by atoms with van der Waals surface area (Å²) in [7, 11) is 3.05. The number of nitrogens with zero attached hydrogens (tertiary/aromatic N) is 2. The summed E-state index contributed by atoms with van der Waals surface area (Å²) in [5.74, 6) is 0.721. The van der Waals surface area contributed by atoms with E-state index in [4.69, 9.17) is 9.47 Å². The summed E-state index contributed by atoms with van der Waals surface area (Å²) in [4.78, 5) is 15.9. The molecule has 1 amide bonds. The van der Waals surface area contributed by atoms with Gasteiger partial charge >= 0.3 is 0 Å². The van der Waals surface area contributed by atoms with Gasteiger partial charge in [-0.2, -0.15) is 5.10 Å². The van der Waals surface area contributed by atoms with E-state index in [0.29, 0.717) is 17.1 Å². The normalized spacial score (nSPS) is 10.4. The highest BCUT2D eigenvalue weighted by Crippen LogP contribution is 2.27. The molecule has 2 aromatic rings. The van der Waals surface area contributed by atoms with Crippen LogP contribution in [0.3, 0.4) is 0 Å². The molecule has 0 fully saturated rings. The molecule has 0 spiro atoms. The van der Waals surface area contributed by atoms with E-state index in [1.54, 1.807) is 48.9 Å². The fourth-order valence-electron chi connectivity index (χ4n) is 1.66. The average Bonchev–Trinajstić information content (AvgIpc) is 2.55.